The highest BCUT2D eigenvalue weighted by Crippen LogP contribution is 2.41. The second-order valence-corrected chi connectivity index (χ2v) is 17.9. The Hall–Kier alpha value is -5.57. The van der Waals surface area contributed by atoms with Crippen LogP contribution in [0.15, 0.2) is 67.4 Å². The van der Waals surface area contributed by atoms with Crippen LogP contribution in [0.2, 0.25) is 0 Å². The Morgan fingerprint density at radius 3 is 2.65 bits per heavy atom. The molecule has 5 heterocycles. The number of nitrogens with one attached hydrogen (secondary N) is 2. The minimum atomic E-state index is -1.06. The lowest BCUT2D eigenvalue weighted by Gasteiger charge is -2.39. The monoisotopic (exact) mass is 848 g/mol. The number of aromatic hydroxyl groups is 1. The molecule has 6 bridgehead atoms. The fourth-order valence-electron chi connectivity index (χ4n) is 8.86. The summed E-state index contributed by atoms with van der Waals surface area (Å²) in [5.74, 6) is -2.10. The number of hydrogen-bond acceptors (Lipinski definition) is 10. The summed E-state index contributed by atoms with van der Waals surface area (Å²) in [6.07, 6.45) is 4.48. The van der Waals surface area contributed by atoms with Gasteiger partial charge in [0.1, 0.15) is 17.8 Å². The molecule has 3 atom stereocenters. The van der Waals surface area contributed by atoms with Gasteiger partial charge in [-0.2, -0.15) is 0 Å². The molecule has 3 N–H and O–H groups in total. The highest BCUT2D eigenvalue weighted by atomic mass is 16.5. The van der Waals surface area contributed by atoms with Crippen LogP contribution in [0.1, 0.15) is 64.3 Å². The van der Waals surface area contributed by atoms with Crippen LogP contribution in [-0.2, 0) is 59.4 Å². The maximum Gasteiger partial charge on any atom is 0.324 e. The van der Waals surface area contributed by atoms with Gasteiger partial charge in [0.05, 0.1) is 43.2 Å². The Morgan fingerprint density at radius 1 is 1.13 bits per heavy atom. The van der Waals surface area contributed by atoms with Gasteiger partial charge in [-0.15, -0.1) is 0 Å². The minimum absolute atomic E-state index is 0.0223. The number of carbonyl (C=O) groups excluding carboxylic acids is 4. The molecule has 3 amide bonds. The zero-order valence-electron chi connectivity index (χ0n) is 36.7. The molecule has 2 aromatic heterocycles. The lowest BCUT2D eigenvalue weighted by atomic mass is 9.84. The number of aryl methyl sites for hydroxylation is 1. The molecule has 62 heavy (non-hydrogen) atoms. The normalized spacial score (nSPS) is 20.0. The smallest absolute Gasteiger partial charge is 0.324 e. The number of esters is 1. The molecule has 2 aromatic carbocycles. The summed E-state index contributed by atoms with van der Waals surface area (Å²) in [5.41, 5.74) is 9.77. The summed E-state index contributed by atoms with van der Waals surface area (Å²) in [7, 11) is 1.66. The number of amides is 3. The van der Waals surface area contributed by atoms with Crippen LogP contribution in [0.25, 0.3) is 33.3 Å². The van der Waals surface area contributed by atoms with Crippen molar-refractivity contribution in [1.82, 2.24) is 30.2 Å². The Bertz CT molecular complexity index is 2330. The van der Waals surface area contributed by atoms with Crippen molar-refractivity contribution in [2.24, 2.45) is 17.3 Å². The van der Waals surface area contributed by atoms with E-state index in [1.807, 2.05) is 32.0 Å². The van der Waals surface area contributed by atoms with Gasteiger partial charge in [-0.3, -0.25) is 29.2 Å². The van der Waals surface area contributed by atoms with E-state index >= 15 is 0 Å². The number of cyclic esters (lactones) is 1. The van der Waals surface area contributed by atoms with E-state index in [0.29, 0.717) is 57.6 Å². The van der Waals surface area contributed by atoms with Gasteiger partial charge in [0.25, 0.3) is 5.91 Å². The Morgan fingerprint density at radius 2 is 1.92 bits per heavy atom. The Kier molecular flexibility index (Phi) is 13.5. The van der Waals surface area contributed by atoms with Crippen LogP contribution in [0.4, 0.5) is 0 Å². The molecule has 330 valence electrons. The number of pyridine rings is 1. The highest BCUT2D eigenvalue weighted by Gasteiger charge is 2.37. The van der Waals surface area contributed by atoms with Gasteiger partial charge in [-0.25, -0.2) is 5.43 Å². The molecular weight excluding hydrogens is 789 g/mol. The predicted octanol–water partition coefficient (Wildman–Crippen LogP) is 5.58. The van der Waals surface area contributed by atoms with Gasteiger partial charge in [-0.1, -0.05) is 46.4 Å². The molecule has 0 radical (unpaired) electrons. The lowest BCUT2D eigenvalue weighted by Crippen LogP contribution is -2.61. The largest absolute Gasteiger partial charge is 0.508 e. The van der Waals surface area contributed by atoms with E-state index in [1.165, 1.54) is 11.1 Å². The number of hydrazine groups is 1. The molecule has 14 heteroatoms. The quantitative estimate of drug-likeness (QED) is 0.128. The number of phenols is 1. The molecular formula is C48H60N6O8. The fraction of sp³-hybridized carbons (Fsp3) is 0.479. The summed E-state index contributed by atoms with van der Waals surface area (Å²) < 4.78 is 20.1. The van der Waals surface area contributed by atoms with Crippen LogP contribution in [0, 0.1) is 17.3 Å². The number of likely N-dealkylation sites (tertiary alicyclic amines) is 1. The number of rotatable bonds is 11. The van der Waals surface area contributed by atoms with Gasteiger partial charge in [0.2, 0.25) is 11.8 Å². The fourth-order valence-corrected chi connectivity index (χ4v) is 8.86. The number of hydrogen-bond donors (Lipinski definition) is 3. The van der Waals surface area contributed by atoms with Gasteiger partial charge in [0, 0.05) is 67.8 Å². The summed E-state index contributed by atoms with van der Waals surface area (Å²) >= 11 is 0. The summed E-state index contributed by atoms with van der Waals surface area (Å²) in [4.78, 5) is 60.8. The van der Waals surface area contributed by atoms with E-state index < -0.39 is 35.3 Å². The summed E-state index contributed by atoms with van der Waals surface area (Å²) in [5, 5.41) is 16.7. The average molecular weight is 849 g/mol. The molecule has 3 aliphatic rings. The van der Waals surface area contributed by atoms with Crippen molar-refractivity contribution in [3.05, 3.63) is 84.2 Å². The van der Waals surface area contributed by atoms with Gasteiger partial charge in [0.15, 0.2) is 0 Å². The Labute approximate surface area is 363 Å². The van der Waals surface area contributed by atoms with Gasteiger partial charge >= 0.3 is 5.97 Å². The molecule has 1 unspecified atom stereocenters. The standard InChI is InChI=1S/C48H60N6O8/c1-8-43(56)52-24-34(25-52)61-26-38(29(3)4)45(57)50-40-20-30-18-32(21-33(55)19-30)31-14-15-42-36(22-31)37(44(53(42)9-2)35-12-10-16-49-41(35)27-60-7)23-48(5,6)28-62-47(59)39-13-11-17-54(51-39)46(40)58/h8,10,12,14-16,18-19,21-22,29,34,38-40,51,55H,1,9,11,13,17,20,23-28H2,2-7H3,(H,50,57)/t38?,39-,40-/m0/s1. The molecule has 4 aromatic rings. The molecule has 0 spiro atoms. The van der Waals surface area contributed by atoms with Crippen molar-refractivity contribution in [3.63, 3.8) is 0 Å². The van der Waals surface area contributed by atoms with E-state index in [9.17, 15) is 24.3 Å². The predicted molar refractivity (Wildman–Crippen MR) is 235 cm³/mol. The van der Waals surface area contributed by atoms with E-state index in [-0.39, 0.29) is 49.2 Å². The number of benzene rings is 2. The third-order valence-electron chi connectivity index (χ3n) is 12.3. The first-order valence-corrected chi connectivity index (χ1v) is 21.7. The molecule has 7 rings (SSSR count). The van der Waals surface area contributed by atoms with Gasteiger partial charge < -0.3 is 34.1 Å². The maximum atomic E-state index is 14.5. The van der Waals surface area contributed by atoms with Crippen LogP contribution >= 0.6 is 0 Å². The minimum Gasteiger partial charge on any atom is -0.508 e. The molecule has 14 nitrogen and oxygen atoms in total. The van der Waals surface area contributed by atoms with Crippen LogP contribution in [-0.4, -0.2) is 106 Å². The number of methoxy groups -OCH3 is 1. The topological polar surface area (TPSA) is 165 Å². The first kappa shape index (κ1) is 44.5. The number of aromatic nitrogens is 2. The highest BCUT2D eigenvalue weighted by molar-refractivity contribution is 5.95. The van der Waals surface area contributed by atoms with E-state index in [2.05, 4.69) is 60.9 Å². The zero-order valence-corrected chi connectivity index (χ0v) is 36.7. The van der Waals surface area contributed by atoms with Crippen molar-refractivity contribution in [3.8, 4) is 28.1 Å². The maximum absolute atomic E-state index is 14.5. The molecule has 3 aliphatic heterocycles. The third-order valence-corrected chi connectivity index (χ3v) is 12.3. The van der Waals surface area contributed by atoms with Gasteiger partial charge in [-0.05, 0) is 96.8 Å². The second-order valence-electron chi connectivity index (χ2n) is 17.9. The number of phenolic OH excluding ortho intramolecular Hbond substituents is 1. The molecule has 0 saturated carbocycles. The SMILES string of the molecule is C=CC(=O)N1CC(OCC(C(=O)N[C@H]2Cc3cc(O)cc(c3)-c3ccc4c(c3)c(c(-c3cccnc3COC)n4CC)CC(C)(C)COC(=O)[C@@H]3CCCN(N3)C2=O)C(C)C)C1. The summed E-state index contributed by atoms with van der Waals surface area (Å²) in [6.45, 7) is 16.1. The van der Waals surface area contributed by atoms with E-state index in [1.54, 1.807) is 30.3 Å². The van der Waals surface area contributed by atoms with Crippen molar-refractivity contribution in [2.75, 3.05) is 40.0 Å². The van der Waals surface area contributed by atoms with E-state index in [0.717, 1.165) is 44.5 Å². The van der Waals surface area contributed by atoms with Crippen molar-refractivity contribution in [2.45, 2.75) is 91.6 Å². The van der Waals surface area contributed by atoms with Crippen molar-refractivity contribution >= 4 is 34.6 Å². The van der Waals surface area contributed by atoms with Crippen molar-refractivity contribution in [1.29, 1.82) is 0 Å². The third kappa shape index (κ3) is 9.57. The zero-order chi connectivity index (χ0) is 44.3. The molecule has 2 saturated heterocycles. The Balaban J connectivity index is 1.28. The van der Waals surface area contributed by atoms with E-state index in [4.69, 9.17) is 19.2 Å². The number of fused-ring (bicyclic) bond motifs is 6. The molecule has 2 fully saturated rings. The summed E-state index contributed by atoms with van der Waals surface area (Å²) in [6, 6.07) is 13.7. The first-order valence-electron chi connectivity index (χ1n) is 21.7. The number of nitrogens with zero attached hydrogens (tertiary/aromatic N) is 4. The number of ether oxygens (including phenoxy) is 3. The van der Waals surface area contributed by atoms with Crippen LogP contribution < -0.4 is 10.7 Å². The van der Waals surface area contributed by atoms with Crippen LogP contribution in [0.3, 0.4) is 0 Å². The average Bonchev–Trinajstić information content (AvgIpc) is 3.53. The van der Waals surface area contributed by atoms with Crippen molar-refractivity contribution < 1.29 is 38.5 Å². The first-order chi connectivity index (χ1) is 29.7. The lowest BCUT2D eigenvalue weighted by molar-refractivity contribution is -0.155. The number of carbonyl (C=O) groups is 4. The second kappa shape index (κ2) is 18.8. The van der Waals surface area contributed by atoms with Crippen LogP contribution in [0.5, 0.6) is 5.75 Å². The molecule has 0 aliphatic carbocycles.